The van der Waals surface area contributed by atoms with Crippen LogP contribution in [-0.4, -0.2) is 31.6 Å². The molecule has 1 saturated heterocycles. The van der Waals surface area contributed by atoms with Crippen molar-refractivity contribution in [3.63, 3.8) is 0 Å². The predicted octanol–water partition coefficient (Wildman–Crippen LogP) is 2.68. The van der Waals surface area contributed by atoms with Crippen LogP contribution in [0.15, 0.2) is 30.3 Å². The molecule has 1 fully saturated rings. The Labute approximate surface area is 105 Å². The molecule has 1 heterocycles. The Morgan fingerprint density at radius 1 is 1.24 bits per heavy atom. The van der Waals surface area contributed by atoms with Gasteiger partial charge in [-0.3, -0.25) is 0 Å². The van der Waals surface area contributed by atoms with Gasteiger partial charge in [0.2, 0.25) is 0 Å². The van der Waals surface area contributed by atoms with Gasteiger partial charge in [0.15, 0.2) is 0 Å². The molecule has 1 aromatic carbocycles. The molecule has 17 heavy (non-hydrogen) atoms. The fourth-order valence-electron chi connectivity index (χ4n) is 2.47. The van der Waals surface area contributed by atoms with Crippen LogP contribution in [0, 0.1) is 5.92 Å². The van der Waals surface area contributed by atoms with Crippen molar-refractivity contribution in [2.75, 3.05) is 26.7 Å². The molecule has 1 aliphatic rings. The lowest BCUT2D eigenvalue weighted by Crippen LogP contribution is -2.35. The van der Waals surface area contributed by atoms with E-state index >= 15 is 0 Å². The molecule has 0 radical (unpaired) electrons. The normalized spacial score (nSPS) is 20.4. The van der Waals surface area contributed by atoms with Crippen molar-refractivity contribution in [2.45, 2.75) is 25.8 Å². The summed E-state index contributed by atoms with van der Waals surface area (Å²) in [5.74, 6) is 0.859. The first-order valence-electron chi connectivity index (χ1n) is 6.72. The number of piperidine rings is 1. The number of likely N-dealkylation sites (tertiary alicyclic amines) is 1. The quantitative estimate of drug-likeness (QED) is 0.858. The van der Waals surface area contributed by atoms with Crippen LogP contribution < -0.4 is 5.32 Å². The predicted molar refractivity (Wildman–Crippen MR) is 73.1 cm³/mol. The molecular formula is C15H24N2. The molecule has 94 valence electrons. The molecule has 2 rings (SSSR count). The highest BCUT2D eigenvalue weighted by molar-refractivity contribution is 5.17. The topological polar surface area (TPSA) is 15.3 Å². The highest BCUT2D eigenvalue weighted by Gasteiger charge is 2.17. The van der Waals surface area contributed by atoms with Crippen molar-refractivity contribution in [1.82, 2.24) is 10.2 Å². The van der Waals surface area contributed by atoms with Gasteiger partial charge in [-0.1, -0.05) is 30.3 Å². The van der Waals surface area contributed by atoms with E-state index in [2.05, 4.69) is 54.5 Å². The maximum atomic E-state index is 3.66. The van der Waals surface area contributed by atoms with E-state index in [0.717, 1.165) is 12.5 Å². The molecule has 0 aliphatic carbocycles. The largest absolute Gasteiger partial charge is 0.310 e. The summed E-state index contributed by atoms with van der Waals surface area (Å²) < 4.78 is 0. The summed E-state index contributed by atoms with van der Waals surface area (Å²) in [6.07, 6.45) is 2.68. The van der Waals surface area contributed by atoms with Gasteiger partial charge in [-0.2, -0.15) is 0 Å². The summed E-state index contributed by atoms with van der Waals surface area (Å²) >= 11 is 0. The third kappa shape index (κ3) is 3.83. The van der Waals surface area contributed by atoms with Gasteiger partial charge in [-0.25, -0.2) is 0 Å². The van der Waals surface area contributed by atoms with Gasteiger partial charge < -0.3 is 10.2 Å². The van der Waals surface area contributed by atoms with Crippen LogP contribution in [0.25, 0.3) is 0 Å². The van der Waals surface area contributed by atoms with E-state index in [9.17, 15) is 0 Å². The molecule has 0 aromatic heterocycles. The zero-order valence-corrected chi connectivity index (χ0v) is 11.0. The van der Waals surface area contributed by atoms with Gasteiger partial charge in [0.1, 0.15) is 0 Å². The first-order chi connectivity index (χ1) is 8.25. The van der Waals surface area contributed by atoms with Crippen molar-refractivity contribution in [1.29, 1.82) is 0 Å². The average Bonchev–Trinajstić information content (AvgIpc) is 2.39. The minimum Gasteiger partial charge on any atom is -0.310 e. The number of hydrogen-bond acceptors (Lipinski definition) is 2. The van der Waals surface area contributed by atoms with Gasteiger partial charge in [0, 0.05) is 6.04 Å². The number of nitrogens with zero attached hydrogens (tertiary/aromatic N) is 1. The van der Waals surface area contributed by atoms with Gasteiger partial charge >= 0.3 is 0 Å². The van der Waals surface area contributed by atoms with Crippen LogP contribution in [0.3, 0.4) is 0 Å². The van der Waals surface area contributed by atoms with Crippen LogP contribution in [0.5, 0.6) is 0 Å². The molecule has 0 bridgehead atoms. The molecule has 0 saturated carbocycles. The molecule has 2 heteroatoms. The van der Waals surface area contributed by atoms with E-state index in [1.807, 2.05) is 0 Å². The first kappa shape index (κ1) is 12.6. The fourth-order valence-corrected chi connectivity index (χ4v) is 2.47. The third-order valence-corrected chi connectivity index (χ3v) is 3.85. The summed E-state index contributed by atoms with van der Waals surface area (Å²) in [7, 11) is 2.22. The van der Waals surface area contributed by atoms with Crippen LogP contribution in [0.2, 0.25) is 0 Å². The van der Waals surface area contributed by atoms with Crippen LogP contribution in [0.4, 0.5) is 0 Å². The summed E-state index contributed by atoms with van der Waals surface area (Å²) in [4.78, 5) is 2.43. The lowest BCUT2D eigenvalue weighted by Gasteiger charge is -2.30. The van der Waals surface area contributed by atoms with Crippen molar-refractivity contribution < 1.29 is 0 Å². The van der Waals surface area contributed by atoms with E-state index in [0.29, 0.717) is 6.04 Å². The average molecular weight is 232 g/mol. The standard InChI is InChI=1S/C15H24N2/c1-13(15-6-4-3-5-7-15)16-12-14-8-10-17(2)11-9-14/h3-7,13-14,16H,8-12H2,1-2H3/t13-/m1/s1. The Kier molecular flexibility index (Phi) is 4.57. The first-order valence-corrected chi connectivity index (χ1v) is 6.72. The minimum absolute atomic E-state index is 0.468. The Morgan fingerprint density at radius 2 is 1.88 bits per heavy atom. The van der Waals surface area contributed by atoms with E-state index < -0.39 is 0 Å². The summed E-state index contributed by atoms with van der Waals surface area (Å²) in [6.45, 7) is 5.92. The van der Waals surface area contributed by atoms with Gasteiger partial charge in [0.05, 0.1) is 0 Å². The Bertz CT molecular complexity index is 315. The maximum absolute atomic E-state index is 3.66. The molecule has 1 N–H and O–H groups in total. The molecule has 0 spiro atoms. The zero-order valence-electron chi connectivity index (χ0n) is 11.0. The molecule has 1 atom stereocenters. The Morgan fingerprint density at radius 3 is 2.53 bits per heavy atom. The summed E-state index contributed by atoms with van der Waals surface area (Å²) in [6, 6.07) is 11.2. The van der Waals surface area contributed by atoms with E-state index in [1.165, 1.54) is 31.5 Å². The van der Waals surface area contributed by atoms with Gasteiger partial charge in [-0.15, -0.1) is 0 Å². The molecule has 1 aromatic rings. The summed E-state index contributed by atoms with van der Waals surface area (Å²) in [5.41, 5.74) is 1.39. The lowest BCUT2D eigenvalue weighted by atomic mass is 9.96. The third-order valence-electron chi connectivity index (χ3n) is 3.85. The molecule has 0 unspecified atom stereocenters. The van der Waals surface area contributed by atoms with E-state index in [4.69, 9.17) is 0 Å². The second-order valence-corrected chi connectivity index (χ2v) is 5.29. The second-order valence-electron chi connectivity index (χ2n) is 5.29. The highest BCUT2D eigenvalue weighted by Crippen LogP contribution is 2.17. The van der Waals surface area contributed by atoms with Crippen molar-refractivity contribution >= 4 is 0 Å². The maximum Gasteiger partial charge on any atom is 0.0291 e. The second kappa shape index (κ2) is 6.18. The van der Waals surface area contributed by atoms with Gasteiger partial charge in [0.25, 0.3) is 0 Å². The Hall–Kier alpha value is -0.860. The summed E-state index contributed by atoms with van der Waals surface area (Å²) in [5, 5.41) is 3.66. The highest BCUT2D eigenvalue weighted by atomic mass is 15.1. The SMILES string of the molecule is C[C@@H](NCC1CCN(C)CC1)c1ccccc1. The van der Waals surface area contributed by atoms with Gasteiger partial charge in [-0.05, 0) is 57.9 Å². The van der Waals surface area contributed by atoms with Crippen LogP contribution >= 0.6 is 0 Å². The minimum atomic E-state index is 0.468. The zero-order chi connectivity index (χ0) is 12.1. The number of rotatable bonds is 4. The number of nitrogens with one attached hydrogen (secondary N) is 1. The van der Waals surface area contributed by atoms with E-state index in [-0.39, 0.29) is 0 Å². The number of hydrogen-bond donors (Lipinski definition) is 1. The lowest BCUT2D eigenvalue weighted by molar-refractivity contribution is 0.213. The van der Waals surface area contributed by atoms with E-state index in [1.54, 1.807) is 0 Å². The molecular weight excluding hydrogens is 208 g/mol. The molecule has 0 amide bonds. The smallest absolute Gasteiger partial charge is 0.0291 e. The van der Waals surface area contributed by atoms with Crippen molar-refractivity contribution in [2.24, 2.45) is 5.92 Å². The number of benzene rings is 1. The van der Waals surface area contributed by atoms with Crippen molar-refractivity contribution in [3.05, 3.63) is 35.9 Å². The monoisotopic (exact) mass is 232 g/mol. The molecule has 2 nitrogen and oxygen atoms in total. The fraction of sp³-hybridized carbons (Fsp3) is 0.600. The van der Waals surface area contributed by atoms with Crippen LogP contribution in [-0.2, 0) is 0 Å². The Balaban J connectivity index is 1.75. The van der Waals surface area contributed by atoms with Crippen LogP contribution in [0.1, 0.15) is 31.4 Å². The van der Waals surface area contributed by atoms with Crippen molar-refractivity contribution in [3.8, 4) is 0 Å². The molecule has 1 aliphatic heterocycles.